The molecule has 0 radical (unpaired) electrons. The van der Waals surface area contributed by atoms with Gasteiger partial charge in [0.25, 0.3) is 0 Å². The monoisotopic (exact) mass is 596 g/mol. The Morgan fingerprint density at radius 1 is 0.952 bits per heavy atom. The van der Waals surface area contributed by atoms with E-state index in [1.54, 1.807) is 41.3 Å². The Kier molecular flexibility index (Phi) is 10.8. The molecule has 10 heteroatoms. The van der Waals surface area contributed by atoms with Gasteiger partial charge < -0.3 is 10.1 Å². The summed E-state index contributed by atoms with van der Waals surface area (Å²) in [6.45, 7) is 7.43. The number of urea groups is 1. The second kappa shape index (κ2) is 14.5. The maximum absolute atomic E-state index is 13.5. The van der Waals surface area contributed by atoms with Crippen molar-refractivity contribution in [1.82, 2.24) is 10.2 Å². The van der Waals surface area contributed by atoms with Gasteiger partial charge in [0.2, 0.25) is 10.0 Å². The number of anilines is 2. The number of carbonyl (C=O) groups is 1. The van der Waals surface area contributed by atoms with E-state index >= 15 is 0 Å². The first-order chi connectivity index (χ1) is 20.1. The number of carbonyl (C=O) groups excluding carboxylic acids is 1. The average molecular weight is 597 g/mol. The van der Waals surface area contributed by atoms with E-state index in [9.17, 15) is 17.6 Å². The molecular weight excluding hydrogens is 555 g/mol. The highest BCUT2D eigenvalue weighted by atomic mass is 32.2. The van der Waals surface area contributed by atoms with Crippen LogP contribution in [0.15, 0.2) is 72.8 Å². The molecule has 0 atom stereocenters. The zero-order valence-corrected chi connectivity index (χ0v) is 25.4. The maximum Gasteiger partial charge on any atom is 0.322 e. The van der Waals surface area contributed by atoms with Crippen molar-refractivity contribution in [3.05, 3.63) is 84.2 Å². The second-order valence-corrected chi connectivity index (χ2v) is 12.7. The quantitative estimate of drug-likeness (QED) is 0.246. The summed E-state index contributed by atoms with van der Waals surface area (Å²) in [6.07, 6.45) is 4.79. The SMILES string of the molecule is CCC(CC)CN(C(=O)NC1CCN(Cc2ccc(Oc3ccc(NS(C)(=O)=O)cc3)cc2)CC1)c1ccc(F)cc1. The third kappa shape index (κ3) is 9.46. The molecule has 1 saturated heterocycles. The highest BCUT2D eigenvalue weighted by Gasteiger charge is 2.25. The number of rotatable bonds is 12. The number of likely N-dealkylation sites (tertiary alicyclic amines) is 1. The van der Waals surface area contributed by atoms with Crippen molar-refractivity contribution >= 4 is 27.4 Å². The molecule has 0 spiro atoms. The van der Waals surface area contributed by atoms with Crippen molar-refractivity contribution in [2.24, 2.45) is 5.92 Å². The van der Waals surface area contributed by atoms with E-state index in [-0.39, 0.29) is 17.9 Å². The van der Waals surface area contributed by atoms with E-state index in [0.29, 0.717) is 35.3 Å². The third-order valence-corrected chi connectivity index (χ3v) is 8.22. The van der Waals surface area contributed by atoms with E-state index in [4.69, 9.17) is 4.74 Å². The van der Waals surface area contributed by atoms with Crippen molar-refractivity contribution < 1.29 is 22.3 Å². The Hall–Kier alpha value is -3.63. The number of ether oxygens (including phenoxy) is 1. The van der Waals surface area contributed by atoms with Gasteiger partial charge >= 0.3 is 6.03 Å². The molecule has 8 nitrogen and oxygen atoms in total. The number of piperidine rings is 1. The van der Waals surface area contributed by atoms with Gasteiger partial charge in [-0.15, -0.1) is 0 Å². The number of nitrogens with zero attached hydrogens (tertiary/aromatic N) is 2. The Morgan fingerprint density at radius 2 is 1.52 bits per heavy atom. The van der Waals surface area contributed by atoms with Crippen molar-refractivity contribution in [2.45, 2.75) is 52.1 Å². The second-order valence-electron chi connectivity index (χ2n) is 10.9. The number of nitrogens with one attached hydrogen (secondary N) is 2. The fourth-order valence-corrected chi connectivity index (χ4v) is 5.65. The lowest BCUT2D eigenvalue weighted by Crippen LogP contribution is -2.50. The first kappa shape index (κ1) is 31.3. The zero-order chi connectivity index (χ0) is 30.1. The van der Waals surface area contributed by atoms with Crippen LogP contribution in [0.25, 0.3) is 0 Å². The van der Waals surface area contributed by atoms with Crippen LogP contribution in [0, 0.1) is 11.7 Å². The number of hydrogen-bond donors (Lipinski definition) is 2. The molecule has 226 valence electrons. The first-order valence-electron chi connectivity index (χ1n) is 14.5. The van der Waals surface area contributed by atoms with Gasteiger partial charge in [-0.2, -0.15) is 0 Å². The molecule has 3 aromatic carbocycles. The van der Waals surface area contributed by atoms with Crippen molar-refractivity contribution in [3.8, 4) is 11.5 Å². The summed E-state index contributed by atoms with van der Waals surface area (Å²) in [6, 6.07) is 20.8. The molecule has 0 aliphatic carbocycles. The van der Waals surface area contributed by atoms with Crippen LogP contribution in [0.1, 0.15) is 45.1 Å². The van der Waals surface area contributed by atoms with Crippen LogP contribution >= 0.6 is 0 Å². The minimum absolute atomic E-state index is 0.0909. The minimum atomic E-state index is -3.32. The van der Waals surface area contributed by atoms with Gasteiger partial charge in [0, 0.05) is 43.6 Å². The van der Waals surface area contributed by atoms with Crippen molar-refractivity contribution in [2.75, 3.05) is 35.5 Å². The number of halogens is 1. The summed E-state index contributed by atoms with van der Waals surface area (Å²) in [5.41, 5.74) is 2.37. The molecule has 1 heterocycles. The molecule has 2 N–H and O–H groups in total. The van der Waals surface area contributed by atoms with Crippen LogP contribution in [0.4, 0.5) is 20.6 Å². The van der Waals surface area contributed by atoms with E-state index < -0.39 is 10.0 Å². The third-order valence-electron chi connectivity index (χ3n) is 7.62. The van der Waals surface area contributed by atoms with Gasteiger partial charge in [-0.3, -0.25) is 14.5 Å². The molecule has 0 bridgehead atoms. The molecule has 1 aliphatic rings. The summed E-state index contributed by atoms with van der Waals surface area (Å²) in [5.74, 6) is 1.38. The fraction of sp³-hybridized carbons (Fsp3) is 0.406. The Labute approximate surface area is 248 Å². The van der Waals surface area contributed by atoms with Crippen LogP contribution < -0.4 is 19.7 Å². The standard InChI is InChI=1S/C32H41FN4O4S/c1-4-24(5-2)23-37(29-12-8-26(33)9-13-29)32(38)34-27-18-20-36(21-19-27)22-25-6-14-30(15-7-25)41-31-16-10-28(11-17-31)35-42(3,39)40/h6-17,24,27,35H,4-5,18-23H2,1-3H3,(H,34,38). The predicted octanol–water partition coefficient (Wildman–Crippen LogP) is 6.61. The first-order valence-corrected chi connectivity index (χ1v) is 16.4. The van der Waals surface area contributed by atoms with Gasteiger partial charge in [-0.1, -0.05) is 38.8 Å². The Morgan fingerprint density at radius 3 is 2.07 bits per heavy atom. The lowest BCUT2D eigenvalue weighted by molar-refractivity contribution is 0.188. The smallest absolute Gasteiger partial charge is 0.322 e. The number of hydrogen-bond acceptors (Lipinski definition) is 5. The summed E-state index contributed by atoms with van der Waals surface area (Å²) in [4.78, 5) is 17.5. The number of sulfonamides is 1. The largest absolute Gasteiger partial charge is 0.457 e. The lowest BCUT2D eigenvalue weighted by atomic mass is 10.0. The summed E-state index contributed by atoms with van der Waals surface area (Å²) >= 11 is 0. The minimum Gasteiger partial charge on any atom is -0.457 e. The molecule has 0 saturated carbocycles. The van der Waals surface area contributed by atoms with Crippen LogP contribution in [0.5, 0.6) is 11.5 Å². The molecule has 1 fully saturated rings. The number of benzene rings is 3. The van der Waals surface area contributed by atoms with Gasteiger partial charge in [-0.05, 0) is 85.0 Å². The molecule has 0 aromatic heterocycles. The molecule has 3 aromatic rings. The van der Waals surface area contributed by atoms with Gasteiger partial charge in [0.15, 0.2) is 0 Å². The topological polar surface area (TPSA) is 91.0 Å². The molecule has 4 rings (SSSR count). The number of amides is 2. The van der Waals surface area contributed by atoms with Gasteiger partial charge in [0.05, 0.1) is 6.26 Å². The fourth-order valence-electron chi connectivity index (χ4n) is 5.08. The highest BCUT2D eigenvalue weighted by Crippen LogP contribution is 2.25. The molecule has 42 heavy (non-hydrogen) atoms. The highest BCUT2D eigenvalue weighted by molar-refractivity contribution is 7.92. The zero-order valence-electron chi connectivity index (χ0n) is 24.6. The van der Waals surface area contributed by atoms with E-state index in [2.05, 4.69) is 28.8 Å². The van der Waals surface area contributed by atoms with Crippen LogP contribution in [-0.4, -0.2) is 51.3 Å². The van der Waals surface area contributed by atoms with Gasteiger partial charge in [0.1, 0.15) is 17.3 Å². The Bertz CT molecular complexity index is 1390. The van der Waals surface area contributed by atoms with Gasteiger partial charge in [-0.25, -0.2) is 17.6 Å². The average Bonchev–Trinajstić information content (AvgIpc) is 2.97. The van der Waals surface area contributed by atoms with Crippen LogP contribution in [-0.2, 0) is 16.6 Å². The van der Waals surface area contributed by atoms with E-state index in [1.165, 1.54) is 17.7 Å². The Balaban J connectivity index is 1.26. The lowest BCUT2D eigenvalue weighted by Gasteiger charge is -2.34. The summed E-state index contributed by atoms with van der Waals surface area (Å²) in [5, 5.41) is 3.23. The van der Waals surface area contributed by atoms with E-state index in [0.717, 1.165) is 51.6 Å². The normalized spacial score (nSPS) is 14.5. The maximum atomic E-state index is 13.5. The van der Waals surface area contributed by atoms with Crippen molar-refractivity contribution in [1.29, 1.82) is 0 Å². The van der Waals surface area contributed by atoms with Crippen LogP contribution in [0.3, 0.4) is 0 Å². The summed E-state index contributed by atoms with van der Waals surface area (Å²) < 4.78 is 44.6. The van der Waals surface area contributed by atoms with E-state index in [1.807, 2.05) is 24.3 Å². The predicted molar refractivity (Wildman–Crippen MR) is 166 cm³/mol. The molecule has 1 aliphatic heterocycles. The molecular formula is C32H41FN4O4S. The molecule has 2 amide bonds. The summed E-state index contributed by atoms with van der Waals surface area (Å²) in [7, 11) is -3.32. The molecule has 0 unspecified atom stereocenters. The van der Waals surface area contributed by atoms with Crippen molar-refractivity contribution in [3.63, 3.8) is 0 Å². The van der Waals surface area contributed by atoms with Crippen LogP contribution in [0.2, 0.25) is 0 Å².